The molecule has 2 aromatic rings. The molecule has 1 amide bonds. The number of rotatable bonds is 6. The van der Waals surface area contributed by atoms with Gasteiger partial charge in [0.2, 0.25) is 0 Å². The van der Waals surface area contributed by atoms with Crippen molar-refractivity contribution >= 4 is 28.7 Å². The third-order valence-corrected chi connectivity index (χ3v) is 3.73. The van der Waals surface area contributed by atoms with Gasteiger partial charge in [-0.3, -0.25) is 25.0 Å². The van der Waals surface area contributed by atoms with Crippen LogP contribution in [-0.4, -0.2) is 21.8 Å². The van der Waals surface area contributed by atoms with Gasteiger partial charge >= 0.3 is 0 Å². The Kier molecular flexibility index (Phi) is 4.29. The van der Waals surface area contributed by atoms with Crippen molar-refractivity contribution in [2.24, 2.45) is 0 Å². The molecular formula is C16H14N4O5. The SMILES string of the molecule is O=C(Nc1ccc([N+](=O)[O-])cc1)c1ccc(NC2CC2)c([N+](=O)[O-])c1. The predicted octanol–water partition coefficient (Wildman–Crippen LogP) is 3.33. The number of nitrogens with zero attached hydrogens (tertiary/aromatic N) is 2. The molecule has 1 aliphatic carbocycles. The van der Waals surface area contributed by atoms with Crippen LogP contribution in [0, 0.1) is 20.2 Å². The monoisotopic (exact) mass is 342 g/mol. The second-order valence-corrected chi connectivity index (χ2v) is 5.67. The molecule has 9 nitrogen and oxygen atoms in total. The molecule has 1 aliphatic rings. The molecule has 1 fully saturated rings. The summed E-state index contributed by atoms with van der Waals surface area (Å²) in [7, 11) is 0. The molecule has 3 rings (SSSR count). The Morgan fingerprint density at radius 2 is 1.68 bits per heavy atom. The van der Waals surface area contributed by atoms with Gasteiger partial charge in [-0.25, -0.2) is 0 Å². The molecule has 0 spiro atoms. The zero-order chi connectivity index (χ0) is 18.0. The van der Waals surface area contributed by atoms with E-state index < -0.39 is 15.8 Å². The largest absolute Gasteiger partial charge is 0.377 e. The summed E-state index contributed by atoms with van der Waals surface area (Å²) in [6, 6.07) is 9.80. The number of nitrogens with one attached hydrogen (secondary N) is 2. The summed E-state index contributed by atoms with van der Waals surface area (Å²) in [5.41, 5.74) is 0.622. The summed E-state index contributed by atoms with van der Waals surface area (Å²) in [5, 5.41) is 27.5. The van der Waals surface area contributed by atoms with Crippen molar-refractivity contribution in [3.8, 4) is 0 Å². The van der Waals surface area contributed by atoms with Gasteiger partial charge in [0.15, 0.2) is 0 Å². The molecule has 0 heterocycles. The van der Waals surface area contributed by atoms with Crippen LogP contribution in [0.3, 0.4) is 0 Å². The van der Waals surface area contributed by atoms with Crippen molar-refractivity contribution in [2.75, 3.05) is 10.6 Å². The van der Waals surface area contributed by atoms with Crippen LogP contribution in [0.4, 0.5) is 22.7 Å². The Bertz CT molecular complexity index is 846. The van der Waals surface area contributed by atoms with E-state index in [0.29, 0.717) is 11.4 Å². The van der Waals surface area contributed by atoms with Crippen LogP contribution in [0.25, 0.3) is 0 Å². The minimum atomic E-state index is -0.541. The first-order valence-corrected chi connectivity index (χ1v) is 7.55. The number of nitro benzene ring substituents is 2. The molecule has 0 radical (unpaired) electrons. The van der Waals surface area contributed by atoms with E-state index in [0.717, 1.165) is 12.8 Å². The van der Waals surface area contributed by atoms with Crippen LogP contribution >= 0.6 is 0 Å². The van der Waals surface area contributed by atoms with Crippen LogP contribution in [0.1, 0.15) is 23.2 Å². The van der Waals surface area contributed by atoms with Crippen molar-refractivity contribution in [3.05, 3.63) is 68.3 Å². The smallest absolute Gasteiger partial charge is 0.293 e. The van der Waals surface area contributed by atoms with E-state index in [1.54, 1.807) is 0 Å². The lowest BCUT2D eigenvalue weighted by molar-refractivity contribution is -0.384. The topological polar surface area (TPSA) is 127 Å². The van der Waals surface area contributed by atoms with Gasteiger partial charge in [-0.05, 0) is 37.1 Å². The summed E-state index contributed by atoms with van der Waals surface area (Å²) in [6.07, 6.45) is 1.94. The minimum Gasteiger partial charge on any atom is -0.377 e. The molecule has 0 unspecified atom stereocenters. The third-order valence-electron chi connectivity index (χ3n) is 3.73. The molecule has 0 atom stereocenters. The number of carbonyl (C=O) groups is 1. The van der Waals surface area contributed by atoms with Gasteiger partial charge in [-0.1, -0.05) is 0 Å². The Morgan fingerprint density at radius 3 is 2.24 bits per heavy atom. The lowest BCUT2D eigenvalue weighted by Crippen LogP contribution is -2.13. The summed E-state index contributed by atoms with van der Waals surface area (Å²) in [4.78, 5) is 33.0. The van der Waals surface area contributed by atoms with Gasteiger partial charge in [0, 0.05) is 35.5 Å². The lowest BCUT2D eigenvalue weighted by atomic mass is 10.1. The lowest BCUT2D eigenvalue weighted by Gasteiger charge is -2.08. The zero-order valence-electron chi connectivity index (χ0n) is 13.0. The molecule has 0 saturated heterocycles. The maximum absolute atomic E-state index is 12.3. The number of hydrogen-bond acceptors (Lipinski definition) is 6. The maximum Gasteiger partial charge on any atom is 0.293 e. The highest BCUT2D eigenvalue weighted by molar-refractivity contribution is 6.05. The highest BCUT2D eigenvalue weighted by atomic mass is 16.6. The number of benzene rings is 2. The number of amides is 1. The highest BCUT2D eigenvalue weighted by Gasteiger charge is 2.25. The molecule has 9 heteroatoms. The summed E-state index contributed by atoms with van der Waals surface area (Å²) < 4.78 is 0. The van der Waals surface area contributed by atoms with E-state index in [1.807, 2.05) is 0 Å². The average molecular weight is 342 g/mol. The van der Waals surface area contributed by atoms with Crippen molar-refractivity contribution < 1.29 is 14.6 Å². The first-order chi connectivity index (χ1) is 11.9. The second kappa shape index (κ2) is 6.56. The van der Waals surface area contributed by atoms with Gasteiger partial charge in [0.05, 0.1) is 9.85 Å². The number of hydrogen-bond donors (Lipinski definition) is 2. The summed E-state index contributed by atoms with van der Waals surface area (Å²) in [6.45, 7) is 0. The fourth-order valence-electron chi connectivity index (χ4n) is 2.26. The number of nitro groups is 2. The first-order valence-electron chi connectivity index (χ1n) is 7.55. The molecule has 128 valence electrons. The molecular weight excluding hydrogens is 328 g/mol. The van der Waals surface area contributed by atoms with Crippen LogP contribution in [0.15, 0.2) is 42.5 Å². The molecule has 2 N–H and O–H groups in total. The van der Waals surface area contributed by atoms with Gasteiger partial charge in [-0.15, -0.1) is 0 Å². The molecule has 1 saturated carbocycles. The zero-order valence-corrected chi connectivity index (χ0v) is 13.0. The first kappa shape index (κ1) is 16.4. The van der Waals surface area contributed by atoms with Gasteiger partial charge in [0.1, 0.15) is 5.69 Å². The van der Waals surface area contributed by atoms with Crippen molar-refractivity contribution in [3.63, 3.8) is 0 Å². The fourth-order valence-corrected chi connectivity index (χ4v) is 2.26. The third kappa shape index (κ3) is 3.89. The predicted molar refractivity (Wildman–Crippen MR) is 90.8 cm³/mol. The number of anilines is 2. The number of carbonyl (C=O) groups excluding carboxylic acids is 1. The van der Waals surface area contributed by atoms with Crippen molar-refractivity contribution in [2.45, 2.75) is 18.9 Å². The maximum atomic E-state index is 12.3. The van der Waals surface area contributed by atoms with Crippen LogP contribution in [0.2, 0.25) is 0 Å². The van der Waals surface area contributed by atoms with Gasteiger partial charge in [-0.2, -0.15) is 0 Å². The fraction of sp³-hybridized carbons (Fsp3) is 0.188. The normalized spacial score (nSPS) is 13.1. The Hall–Kier alpha value is -3.49. The van der Waals surface area contributed by atoms with E-state index >= 15 is 0 Å². The van der Waals surface area contributed by atoms with Crippen molar-refractivity contribution in [1.82, 2.24) is 0 Å². The Labute approximate surface area is 142 Å². The van der Waals surface area contributed by atoms with E-state index in [4.69, 9.17) is 0 Å². The van der Waals surface area contributed by atoms with Gasteiger partial charge < -0.3 is 10.6 Å². The summed E-state index contributed by atoms with van der Waals surface area (Å²) in [5.74, 6) is -0.532. The van der Waals surface area contributed by atoms with E-state index in [2.05, 4.69) is 10.6 Å². The van der Waals surface area contributed by atoms with E-state index in [9.17, 15) is 25.0 Å². The molecule has 0 bridgehead atoms. The van der Waals surface area contributed by atoms with Crippen LogP contribution in [0.5, 0.6) is 0 Å². The molecule has 0 aliphatic heterocycles. The molecule has 25 heavy (non-hydrogen) atoms. The van der Waals surface area contributed by atoms with Crippen molar-refractivity contribution in [1.29, 1.82) is 0 Å². The molecule has 0 aromatic heterocycles. The summed E-state index contributed by atoms with van der Waals surface area (Å²) >= 11 is 0. The molecule has 2 aromatic carbocycles. The minimum absolute atomic E-state index is 0.0934. The number of non-ortho nitro benzene ring substituents is 1. The standard InChI is InChI=1S/C16H14N4O5/c21-16(18-12-4-6-13(7-5-12)19(22)23)10-1-8-14(17-11-2-3-11)15(9-10)20(24)25/h1,4-9,11,17H,2-3H2,(H,18,21). The van der Waals surface area contributed by atoms with E-state index in [1.165, 1.54) is 42.5 Å². The Balaban J connectivity index is 1.77. The van der Waals surface area contributed by atoms with Gasteiger partial charge in [0.25, 0.3) is 17.3 Å². The van der Waals surface area contributed by atoms with E-state index in [-0.39, 0.29) is 23.0 Å². The Morgan fingerprint density at radius 1 is 1.00 bits per heavy atom. The quantitative estimate of drug-likeness (QED) is 0.612. The van der Waals surface area contributed by atoms with Crippen LogP contribution < -0.4 is 10.6 Å². The second-order valence-electron chi connectivity index (χ2n) is 5.67. The highest BCUT2D eigenvalue weighted by Crippen LogP contribution is 2.31. The van der Waals surface area contributed by atoms with Crippen LogP contribution in [-0.2, 0) is 0 Å². The average Bonchev–Trinajstić information content (AvgIpc) is 3.39.